The van der Waals surface area contributed by atoms with Gasteiger partial charge in [-0.2, -0.15) is 23.5 Å². The second-order valence-corrected chi connectivity index (χ2v) is 8.32. The van der Waals surface area contributed by atoms with E-state index in [0.29, 0.717) is 6.04 Å². The first-order chi connectivity index (χ1) is 9.65. The number of benzene rings is 1. The predicted octanol–water partition coefficient (Wildman–Crippen LogP) is 4.06. The van der Waals surface area contributed by atoms with Crippen molar-refractivity contribution in [2.75, 3.05) is 18.6 Å². The second-order valence-electron chi connectivity index (χ2n) is 5.68. The van der Waals surface area contributed by atoms with E-state index in [4.69, 9.17) is 0 Å². The van der Waals surface area contributed by atoms with Crippen molar-refractivity contribution in [3.8, 4) is 0 Å². The summed E-state index contributed by atoms with van der Waals surface area (Å²) in [6.45, 7) is 6.76. The molecule has 1 heterocycles. The first-order valence-corrected chi connectivity index (χ1v) is 9.72. The van der Waals surface area contributed by atoms with Gasteiger partial charge >= 0.3 is 0 Å². The van der Waals surface area contributed by atoms with Gasteiger partial charge in [0.1, 0.15) is 0 Å². The summed E-state index contributed by atoms with van der Waals surface area (Å²) in [7, 11) is 2.13. The Morgan fingerprint density at radius 2 is 2.00 bits per heavy atom. The zero-order valence-corrected chi connectivity index (χ0v) is 14.7. The molecule has 3 atom stereocenters. The van der Waals surface area contributed by atoms with Crippen molar-refractivity contribution in [1.82, 2.24) is 5.32 Å². The van der Waals surface area contributed by atoms with Crippen LogP contribution in [0.25, 0.3) is 0 Å². The number of nitrogens with one attached hydrogen (secondary N) is 1. The lowest BCUT2D eigenvalue weighted by molar-refractivity contribution is 0.516. The SMILES string of the molecule is CCC1SCCSC1C(Cc1cc(C)ccc1C)NC. The van der Waals surface area contributed by atoms with Gasteiger partial charge in [0.15, 0.2) is 0 Å². The van der Waals surface area contributed by atoms with Crippen LogP contribution in [0.1, 0.15) is 30.0 Å². The molecule has 0 bridgehead atoms. The van der Waals surface area contributed by atoms with Gasteiger partial charge in [-0.15, -0.1) is 0 Å². The molecule has 0 aromatic heterocycles. The van der Waals surface area contributed by atoms with Gasteiger partial charge < -0.3 is 5.32 Å². The smallest absolute Gasteiger partial charge is 0.0323 e. The van der Waals surface area contributed by atoms with E-state index in [1.165, 1.54) is 34.6 Å². The molecule has 1 nitrogen and oxygen atoms in total. The molecule has 0 spiro atoms. The van der Waals surface area contributed by atoms with Crippen molar-refractivity contribution < 1.29 is 0 Å². The Morgan fingerprint density at radius 1 is 1.25 bits per heavy atom. The normalized spacial score (nSPS) is 24.6. The number of thioether (sulfide) groups is 2. The van der Waals surface area contributed by atoms with Gasteiger partial charge in [0.2, 0.25) is 0 Å². The van der Waals surface area contributed by atoms with E-state index in [0.717, 1.165) is 16.9 Å². The zero-order chi connectivity index (χ0) is 14.5. The first kappa shape index (κ1) is 16.3. The lowest BCUT2D eigenvalue weighted by Gasteiger charge is -2.36. The third-order valence-corrected chi connectivity index (χ3v) is 7.61. The predicted molar refractivity (Wildman–Crippen MR) is 95.3 cm³/mol. The number of aryl methyl sites for hydroxylation is 2. The molecule has 1 N–H and O–H groups in total. The van der Waals surface area contributed by atoms with Gasteiger partial charge in [0.25, 0.3) is 0 Å². The maximum atomic E-state index is 3.60. The molecule has 0 amide bonds. The average molecular weight is 310 g/mol. The van der Waals surface area contributed by atoms with Gasteiger partial charge in [-0.25, -0.2) is 0 Å². The molecule has 1 saturated heterocycles. The van der Waals surface area contributed by atoms with Crippen molar-refractivity contribution in [2.45, 2.75) is 50.2 Å². The van der Waals surface area contributed by atoms with Crippen LogP contribution >= 0.6 is 23.5 Å². The van der Waals surface area contributed by atoms with Gasteiger partial charge in [0, 0.05) is 28.0 Å². The van der Waals surface area contributed by atoms with E-state index in [-0.39, 0.29) is 0 Å². The minimum absolute atomic E-state index is 0.582. The Hall–Kier alpha value is -0.120. The number of rotatable bonds is 5. The fourth-order valence-electron chi connectivity index (χ4n) is 2.95. The zero-order valence-electron chi connectivity index (χ0n) is 13.1. The van der Waals surface area contributed by atoms with Crippen LogP contribution in [-0.2, 0) is 6.42 Å². The largest absolute Gasteiger partial charge is 0.316 e. The van der Waals surface area contributed by atoms with Crippen LogP contribution in [-0.4, -0.2) is 35.1 Å². The molecule has 3 heteroatoms. The molecule has 1 aromatic rings. The Labute approximate surface area is 132 Å². The van der Waals surface area contributed by atoms with Gasteiger partial charge in [0.05, 0.1) is 0 Å². The molecule has 112 valence electrons. The van der Waals surface area contributed by atoms with Gasteiger partial charge in [-0.05, 0) is 44.9 Å². The Balaban J connectivity index is 2.13. The Bertz CT molecular complexity index is 433. The molecule has 3 unspecified atom stereocenters. The van der Waals surface area contributed by atoms with E-state index in [2.05, 4.69) is 74.9 Å². The summed E-state index contributed by atoms with van der Waals surface area (Å²) in [5.41, 5.74) is 4.31. The average Bonchev–Trinajstić information content (AvgIpc) is 2.48. The maximum Gasteiger partial charge on any atom is 0.0323 e. The molecule has 0 radical (unpaired) electrons. The summed E-state index contributed by atoms with van der Waals surface area (Å²) in [5.74, 6) is 2.62. The van der Waals surface area contributed by atoms with Crippen molar-refractivity contribution in [3.63, 3.8) is 0 Å². The van der Waals surface area contributed by atoms with E-state index < -0.39 is 0 Å². The quantitative estimate of drug-likeness (QED) is 0.881. The van der Waals surface area contributed by atoms with Gasteiger partial charge in [-0.1, -0.05) is 30.7 Å². The fraction of sp³-hybridized carbons (Fsp3) is 0.647. The lowest BCUT2D eigenvalue weighted by atomic mass is 9.96. The Kier molecular flexibility index (Phi) is 6.31. The highest BCUT2D eigenvalue weighted by molar-refractivity contribution is 8.07. The van der Waals surface area contributed by atoms with Crippen LogP contribution in [0, 0.1) is 13.8 Å². The van der Waals surface area contributed by atoms with Crippen LogP contribution in [0.5, 0.6) is 0 Å². The number of likely N-dealkylation sites (N-methyl/N-ethyl adjacent to an activating group) is 1. The van der Waals surface area contributed by atoms with Crippen LogP contribution in [0.2, 0.25) is 0 Å². The van der Waals surface area contributed by atoms with Crippen LogP contribution in [0.15, 0.2) is 18.2 Å². The van der Waals surface area contributed by atoms with Crippen LogP contribution in [0.4, 0.5) is 0 Å². The minimum Gasteiger partial charge on any atom is -0.316 e. The molecular weight excluding hydrogens is 282 g/mol. The maximum absolute atomic E-state index is 3.60. The topological polar surface area (TPSA) is 12.0 Å². The highest BCUT2D eigenvalue weighted by Crippen LogP contribution is 2.36. The van der Waals surface area contributed by atoms with E-state index in [9.17, 15) is 0 Å². The number of hydrogen-bond acceptors (Lipinski definition) is 3. The lowest BCUT2D eigenvalue weighted by Crippen LogP contribution is -2.45. The molecule has 1 aromatic carbocycles. The standard InChI is InChI=1S/C17H27NS2/c1-5-16-17(20-9-8-19-16)15(18-4)11-14-10-12(2)6-7-13(14)3/h6-7,10,15-18H,5,8-9,11H2,1-4H3. The highest BCUT2D eigenvalue weighted by Gasteiger charge is 2.31. The molecule has 2 rings (SSSR count). The number of hydrogen-bond donors (Lipinski definition) is 1. The first-order valence-electron chi connectivity index (χ1n) is 7.62. The molecule has 0 aliphatic carbocycles. The molecule has 1 aliphatic heterocycles. The van der Waals surface area contributed by atoms with Gasteiger partial charge in [-0.3, -0.25) is 0 Å². The van der Waals surface area contributed by atoms with Crippen molar-refractivity contribution >= 4 is 23.5 Å². The minimum atomic E-state index is 0.582. The second kappa shape index (κ2) is 7.77. The van der Waals surface area contributed by atoms with Crippen LogP contribution < -0.4 is 5.32 Å². The third-order valence-electron chi connectivity index (χ3n) is 4.21. The summed E-state index contributed by atoms with van der Waals surface area (Å²) in [6.07, 6.45) is 2.44. The fourth-order valence-corrected chi connectivity index (χ4v) is 6.25. The molecule has 20 heavy (non-hydrogen) atoms. The summed E-state index contributed by atoms with van der Waals surface area (Å²) >= 11 is 4.35. The van der Waals surface area contributed by atoms with Crippen LogP contribution in [0.3, 0.4) is 0 Å². The van der Waals surface area contributed by atoms with E-state index in [1.807, 2.05) is 0 Å². The van der Waals surface area contributed by atoms with E-state index in [1.54, 1.807) is 0 Å². The molecule has 1 aliphatic rings. The van der Waals surface area contributed by atoms with Crippen molar-refractivity contribution in [1.29, 1.82) is 0 Å². The molecule has 1 fully saturated rings. The van der Waals surface area contributed by atoms with Crippen molar-refractivity contribution in [2.24, 2.45) is 0 Å². The molecule has 0 saturated carbocycles. The Morgan fingerprint density at radius 3 is 2.70 bits per heavy atom. The highest BCUT2D eigenvalue weighted by atomic mass is 32.2. The summed E-state index contributed by atoms with van der Waals surface area (Å²) in [6, 6.07) is 7.42. The summed E-state index contributed by atoms with van der Waals surface area (Å²) in [4.78, 5) is 0. The third kappa shape index (κ3) is 3.96. The molecular formula is C17H27NS2. The summed E-state index contributed by atoms with van der Waals surface area (Å²) < 4.78 is 0. The van der Waals surface area contributed by atoms with Crippen molar-refractivity contribution in [3.05, 3.63) is 34.9 Å². The summed E-state index contributed by atoms with van der Waals surface area (Å²) in [5, 5.41) is 5.14. The van der Waals surface area contributed by atoms with E-state index >= 15 is 0 Å². The monoisotopic (exact) mass is 309 g/mol.